The van der Waals surface area contributed by atoms with Crippen molar-refractivity contribution in [3.05, 3.63) is 23.9 Å². The molecule has 1 amide bonds. The van der Waals surface area contributed by atoms with E-state index in [0.717, 1.165) is 12.8 Å². The van der Waals surface area contributed by atoms with Gasteiger partial charge < -0.3 is 15.7 Å². The molecule has 0 spiro atoms. The predicted octanol–water partition coefficient (Wildman–Crippen LogP) is 1.57. The molecular formula is C17H26N4O3. The van der Waals surface area contributed by atoms with Crippen molar-refractivity contribution in [3.63, 3.8) is 0 Å². The number of hydrogen-bond acceptors (Lipinski definition) is 5. The van der Waals surface area contributed by atoms with Crippen molar-refractivity contribution in [2.24, 2.45) is 0 Å². The molecule has 1 heterocycles. The summed E-state index contributed by atoms with van der Waals surface area (Å²) < 4.78 is 0. The average Bonchev–Trinajstić information content (AvgIpc) is 2.48. The Balaban J connectivity index is 1.90. The molecule has 1 saturated carbocycles. The SMILES string of the molecule is CCN(CC(=O)O)C1CC(NC(=O)c2cccnc2NC(C)C)C1. The van der Waals surface area contributed by atoms with Gasteiger partial charge in [-0.05, 0) is 45.4 Å². The van der Waals surface area contributed by atoms with Gasteiger partial charge >= 0.3 is 5.97 Å². The molecule has 1 aliphatic rings. The third-order valence-corrected chi connectivity index (χ3v) is 4.19. The smallest absolute Gasteiger partial charge is 0.317 e. The highest BCUT2D eigenvalue weighted by molar-refractivity contribution is 5.98. The summed E-state index contributed by atoms with van der Waals surface area (Å²) in [5.41, 5.74) is 0.535. The molecule has 132 valence electrons. The van der Waals surface area contributed by atoms with Gasteiger partial charge in [-0.2, -0.15) is 0 Å². The van der Waals surface area contributed by atoms with Crippen molar-refractivity contribution < 1.29 is 14.7 Å². The molecule has 2 rings (SSSR count). The minimum absolute atomic E-state index is 0.0485. The van der Waals surface area contributed by atoms with Gasteiger partial charge in [-0.3, -0.25) is 14.5 Å². The fourth-order valence-electron chi connectivity index (χ4n) is 2.92. The van der Waals surface area contributed by atoms with E-state index in [2.05, 4.69) is 15.6 Å². The first-order valence-electron chi connectivity index (χ1n) is 8.39. The van der Waals surface area contributed by atoms with Gasteiger partial charge in [0, 0.05) is 24.3 Å². The van der Waals surface area contributed by atoms with E-state index in [0.29, 0.717) is 17.9 Å². The van der Waals surface area contributed by atoms with E-state index >= 15 is 0 Å². The Hall–Kier alpha value is -2.15. The Labute approximate surface area is 142 Å². The Bertz CT molecular complexity index is 585. The molecule has 7 heteroatoms. The number of hydrogen-bond donors (Lipinski definition) is 3. The van der Waals surface area contributed by atoms with E-state index in [1.165, 1.54) is 0 Å². The average molecular weight is 334 g/mol. The summed E-state index contributed by atoms with van der Waals surface area (Å²) in [6.07, 6.45) is 3.21. The number of carboxylic acid groups (broad SMARTS) is 1. The number of amides is 1. The lowest BCUT2D eigenvalue weighted by Gasteiger charge is -2.42. The number of aromatic nitrogens is 1. The van der Waals surface area contributed by atoms with Crippen molar-refractivity contribution in [1.29, 1.82) is 0 Å². The fourth-order valence-corrected chi connectivity index (χ4v) is 2.92. The molecule has 0 unspecified atom stereocenters. The maximum atomic E-state index is 12.5. The minimum atomic E-state index is -0.816. The van der Waals surface area contributed by atoms with Crippen molar-refractivity contribution in [2.45, 2.75) is 51.7 Å². The Kier molecular flexibility index (Phi) is 6.14. The van der Waals surface area contributed by atoms with Crippen LogP contribution in [0.15, 0.2) is 18.3 Å². The van der Waals surface area contributed by atoms with E-state index in [4.69, 9.17) is 5.11 Å². The highest BCUT2D eigenvalue weighted by Gasteiger charge is 2.35. The molecule has 3 N–H and O–H groups in total. The summed E-state index contributed by atoms with van der Waals surface area (Å²) in [5.74, 6) is -0.373. The van der Waals surface area contributed by atoms with Gasteiger partial charge in [0.15, 0.2) is 0 Å². The molecule has 1 aromatic rings. The highest BCUT2D eigenvalue weighted by atomic mass is 16.4. The molecular weight excluding hydrogens is 308 g/mol. The summed E-state index contributed by atoms with van der Waals surface area (Å²) in [4.78, 5) is 29.5. The number of carbonyl (C=O) groups excluding carboxylic acids is 1. The van der Waals surface area contributed by atoms with Crippen LogP contribution in [0.25, 0.3) is 0 Å². The number of likely N-dealkylation sites (N-methyl/N-ethyl adjacent to an activating group) is 1. The highest BCUT2D eigenvalue weighted by Crippen LogP contribution is 2.26. The molecule has 1 fully saturated rings. The molecule has 0 radical (unpaired) electrons. The Morgan fingerprint density at radius 2 is 2.12 bits per heavy atom. The number of carboxylic acids is 1. The van der Waals surface area contributed by atoms with E-state index < -0.39 is 5.97 Å². The molecule has 0 atom stereocenters. The van der Waals surface area contributed by atoms with Gasteiger partial charge in [0.2, 0.25) is 0 Å². The van der Waals surface area contributed by atoms with Crippen LogP contribution in [0.4, 0.5) is 5.82 Å². The first kappa shape index (κ1) is 18.2. The lowest BCUT2D eigenvalue weighted by atomic mass is 9.85. The quantitative estimate of drug-likeness (QED) is 0.668. The number of anilines is 1. The van der Waals surface area contributed by atoms with Crippen LogP contribution >= 0.6 is 0 Å². The van der Waals surface area contributed by atoms with Crippen LogP contribution in [0.3, 0.4) is 0 Å². The van der Waals surface area contributed by atoms with Crippen LogP contribution in [0.5, 0.6) is 0 Å². The zero-order valence-electron chi connectivity index (χ0n) is 14.5. The second kappa shape index (κ2) is 8.10. The summed E-state index contributed by atoms with van der Waals surface area (Å²) in [6.45, 7) is 6.69. The van der Waals surface area contributed by atoms with Gasteiger partial charge in [0.25, 0.3) is 5.91 Å². The largest absolute Gasteiger partial charge is 0.480 e. The van der Waals surface area contributed by atoms with Crippen LogP contribution in [0.1, 0.15) is 44.0 Å². The van der Waals surface area contributed by atoms with Crippen molar-refractivity contribution >= 4 is 17.7 Å². The minimum Gasteiger partial charge on any atom is -0.480 e. The van der Waals surface area contributed by atoms with Gasteiger partial charge in [-0.15, -0.1) is 0 Å². The topological polar surface area (TPSA) is 94.6 Å². The first-order chi connectivity index (χ1) is 11.4. The van der Waals surface area contributed by atoms with Crippen LogP contribution < -0.4 is 10.6 Å². The van der Waals surface area contributed by atoms with E-state index in [1.807, 2.05) is 25.7 Å². The molecule has 0 aliphatic heterocycles. The first-order valence-corrected chi connectivity index (χ1v) is 8.39. The maximum Gasteiger partial charge on any atom is 0.317 e. The van der Waals surface area contributed by atoms with Gasteiger partial charge in [0.05, 0.1) is 12.1 Å². The summed E-state index contributed by atoms with van der Waals surface area (Å²) in [7, 11) is 0. The fraction of sp³-hybridized carbons (Fsp3) is 0.588. The van der Waals surface area contributed by atoms with E-state index in [9.17, 15) is 9.59 Å². The number of rotatable bonds is 8. The van der Waals surface area contributed by atoms with E-state index in [-0.39, 0.29) is 30.6 Å². The zero-order chi connectivity index (χ0) is 17.7. The molecule has 0 aromatic carbocycles. The van der Waals surface area contributed by atoms with Crippen LogP contribution in [0.2, 0.25) is 0 Å². The monoisotopic (exact) mass is 334 g/mol. The van der Waals surface area contributed by atoms with Gasteiger partial charge in [0.1, 0.15) is 5.82 Å². The maximum absolute atomic E-state index is 12.5. The Morgan fingerprint density at radius 1 is 1.42 bits per heavy atom. The van der Waals surface area contributed by atoms with Crippen molar-refractivity contribution in [3.8, 4) is 0 Å². The molecule has 1 aliphatic carbocycles. The molecule has 0 saturated heterocycles. The standard InChI is InChI=1S/C17H26N4O3/c1-4-21(10-15(22)23)13-8-12(9-13)20-17(24)14-6-5-7-18-16(14)19-11(2)3/h5-7,11-13H,4,8-10H2,1-3H3,(H,18,19)(H,20,24)(H,22,23). The zero-order valence-corrected chi connectivity index (χ0v) is 14.5. The summed E-state index contributed by atoms with van der Waals surface area (Å²) in [6, 6.07) is 3.99. The number of aliphatic carboxylic acids is 1. The second-order valence-corrected chi connectivity index (χ2v) is 6.45. The Morgan fingerprint density at radius 3 is 2.71 bits per heavy atom. The van der Waals surface area contributed by atoms with Crippen LogP contribution in [-0.2, 0) is 4.79 Å². The second-order valence-electron chi connectivity index (χ2n) is 6.45. The lowest BCUT2D eigenvalue weighted by Crippen LogP contribution is -2.54. The van der Waals surface area contributed by atoms with Gasteiger partial charge in [-0.25, -0.2) is 4.98 Å². The summed E-state index contributed by atoms with van der Waals surface area (Å²) in [5, 5.41) is 15.1. The summed E-state index contributed by atoms with van der Waals surface area (Å²) >= 11 is 0. The number of carbonyl (C=O) groups is 2. The molecule has 24 heavy (non-hydrogen) atoms. The number of pyridine rings is 1. The number of nitrogens with one attached hydrogen (secondary N) is 2. The van der Waals surface area contributed by atoms with Crippen LogP contribution in [-0.4, -0.2) is 58.1 Å². The molecule has 7 nitrogen and oxygen atoms in total. The van der Waals surface area contributed by atoms with Crippen molar-refractivity contribution in [1.82, 2.24) is 15.2 Å². The van der Waals surface area contributed by atoms with E-state index in [1.54, 1.807) is 18.3 Å². The molecule has 1 aromatic heterocycles. The lowest BCUT2D eigenvalue weighted by molar-refractivity contribution is -0.139. The van der Waals surface area contributed by atoms with Crippen molar-refractivity contribution in [2.75, 3.05) is 18.4 Å². The van der Waals surface area contributed by atoms with Crippen LogP contribution in [0, 0.1) is 0 Å². The normalized spacial score (nSPS) is 19.9. The third-order valence-electron chi connectivity index (χ3n) is 4.19. The molecule has 0 bridgehead atoms. The predicted molar refractivity (Wildman–Crippen MR) is 92.2 cm³/mol. The third kappa shape index (κ3) is 4.67. The van der Waals surface area contributed by atoms with Gasteiger partial charge in [-0.1, -0.05) is 6.92 Å². The number of nitrogens with zero attached hydrogens (tertiary/aromatic N) is 2.